The summed E-state index contributed by atoms with van der Waals surface area (Å²) in [6.45, 7) is 4.04. The van der Waals surface area contributed by atoms with E-state index >= 15 is 0 Å². The first-order valence-electron chi connectivity index (χ1n) is 7.86. The Labute approximate surface area is 156 Å². The minimum absolute atomic E-state index is 0.0889. The highest BCUT2D eigenvalue weighted by Crippen LogP contribution is 2.22. The lowest BCUT2D eigenvalue weighted by Gasteiger charge is -2.16. The van der Waals surface area contributed by atoms with Crippen molar-refractivity contribution < 1.29 is 9.67 Å². The average Bonchev–Trinajstić information content (AvgIpc) is 3.14. The van der Waals surface area contributed by atoms with Crippen LogP contribution in [0.1, 0.15) is 16.0 Å². The highest BCUT2D eigenvalue weighted by Gasteiger charge is 2.19. The molecule has 0 saturated heterocycles. The summed E-state index contributed by atoms with van der Waals surface area (Å²) < 4.78 is 1.77. The number of nitrogens with one attached hydrogen (secondary N) is 1. The number of hydrogen-bond acceptors (Lipinski definition) is 3. The minimum atomic E-state index is -0.0889. The van der Waals surface area contributed by atoms with E-state index in [4.69, 9.17) is 12.2 Å². The van der Waals surface area contributed by atoms with Crippen LogP contribution in [0.5, 0.6) is 0 Å². The maximum Gasteiger partial charge on any atom is 0.239 e. The summed E-state index contributed by atoms with van der Waals surface area (Å²) in [6, 6.07) is 15.5. The Balaban J connectivity index is 2.05. The molecule has 0 unspecified atom stereocenters. The van der Waals surface area contributed by atoms with Crippen LogP contribution >= 0.6 is 23.6 Å². The van der Waals surface area contributed by atoms with Crippen LogP contribution < -0.4 is 15.0 Å². The van der Waals surface area contributed by atoms with Crippen molar-refractivity contribution >= 4 is 45.7 Å². The maximum atomic E-state index is 13.0. The van der Waals surface area contributed by atoms with E-state index in [0.29, 0.717) is 15.6 Å². The summed E-state index contributed by atoms with van der Waals surface area (Å²) in [5.74, 6) is -0.0889. The number of thiophene rings is 1. The lowest BCUT2D eigenvalue weighted by Crippen LogP contribution is -2.39. The second kappa shape index (κ2) is 7.59. The van der Waals surface area contributed by atoms with Crippen molar-refractivity contribution in [3.05, 3.63) is 82.3 Å². The van der Waals surface area contributed by atoms with Crippen molar-refractivity contribution in [3.63, 3.8) is 0 Å². The topological polar surface area (TPSA) is 39.0 Å². The van der Waals surface area contributed by atoms with Gasteiger partial charge in [-0.25, -0.2) is 0 Å². The molecule has 0 aliphatic rings. The Morgan fingerprint density at radius 2 is 1.84 bits per heavy atom. The van der Waals surface area contributed by atoms with Gasteiger partial charge < -0.3 is 10.4 Å². The first-order chi connectivity index (χ1) is 12.1. The monoisotopic (exact) mass is 366 g/mol. The highest BCUT2D eigenvalue weighted by atomic mass is 32.1. The predicted octanol–water partition coefficient (Wildman–Crippen LogP) is 3.78. The average molecular weight is 367 g/mol. The molecule has 1 aromatic carbocycles. The van der Waals surface area contributed by atoms with Crippen molar-refractivity contribution in [3.8, 4) is 0 Å². The van der Waals surface area contributed by atoms with E-state index in [1.165, 1.54) is 11.3 Å². The molecular weight excluding hydrogens is 348 g/mol. The van der Waals surface area contributed by atoms with Crippen LogP contribution in [0.3, 0.4) is 0 Å². The normalized spacial score (nSPS) is 11.8. The third kappa shape index (κ3) is 3.95. The van der Waals surface area contributed by atoms with Crippen LogP contribution in [-0.2, 0) is 0 Å². The lowest BCUT2D eigenvalue weighted by molar-refractivity contribution is -0.577. The van der Waals surface area contributed by atoms with Gasteiger partial charge in [0.15, 0.2) is 17.4 Å². The molecule has 0 saturated carbocycles. The molecule has 0 amide bonds. The number of aryl methyl sites for hydroxylation is 2. The molecule has 0 atom stereocenters. The van der Waals surface area contributed by atoms with Gasteiger partial charge in [-0.05, 0) is 48.2 Å². The molecule has 3 aromatic rings. The van der Waals surface area contributed by atoms with Gasteiger partial charge in [-0.2, -0.15) is 4.57 Å². The molecule has 0 aliphatic carbocycles. The molecule has 2 heterocycles. The number of pyridine rings is 1. The van der Waals surface area contributed by atoms with Crippen LogP contribution in [0.15, 0.2) is 66.3 Å². The molecule has 0 spiro atoms. The fraction of sp³-hybridized carbons (Fsp3) is 0.100. The molecule has 2 aromatic heterocycles. The number of benzene rings is 1. The molecule has 0 fully saturated rings. The fourth-order valence-electron chi connectivity index (χ4n) is 2.46. The second-order valence-corrected chi connectivity index (χ2v) is 7.07. The lowest BCUT2D eigenvalue weighted by atomic mass is 10.1. The Morgan fingerprint density at radius 3 is 2.52 bits per heavy atom. The van der Waals surface area contributed by atoms with E-state index in [1.54, 1.807) is 4.57 Å². The van der Waals surface area contributed by atoms with Gasteiger partial charge in [-0.1, -0.05) is 36.5 Å². The Bertz CT molecular complexity index is 916. The molecule has 5 heteroatoms. The predicted molar refractivity (Wildman–Crippen MR) is 106 cm³/mol. The minimum Gasteiger partial charge on any atom is -0.867 e. The molecule has 3 rings (SSSR count). The zero-order valence-corrected chi connectivity index (χ0v) is 15.7. The smallest absolute Gasteiger partial charge is 0.239 e. The standard InChI is InChI=1S/C20H18N2OS2/c1-14-8-9-15(2)16(13-14)21-20(24)18(22-10-4-3-5-11-22)19(23)17-7-6-12-25-17/h3-13H,1-2H3,(H-,21,23,24). The summed E-state index contributed by atoms with van der Waals surface area (Å²) in [7, 11) is 0. The largest absolute Gasteiger partial charge is 0.867 e. The SMILES string of the molecule is Cc1ccc(C)c(NC(=S)C(=C([O-])c2cccs2)[n+]2ccccc2)c1. The van der Waals surface area contributed by atoms with Crippen molar-refractivity contribution in [2.75, 3.05) is 5.32 Å². The summed E-state index contributed by atoms with van der Waals surface area (Å²) in [6.07, 6.45) is 3.66. The number of anilines is 1. The van der Waals surface area contributed by atoms with Crippen LogP contribution in [0.2, 0.25) is 0 Å². The van der Waals surface area contributed by atoms with Gasteiger partial charge >= 0.3 is 0 Å². The van der Waals surface area contributed by atoms with E-state index < -0.39 is 0 Å². The van der Waals surface area contributed by atoms with Gasteiger partial charge in [-0.15, -0.1) is 11.3 Å². The Kier molecular flexibility index (Phi) is 5.26. The molecule has 25 heavy (non-hydrogen) atoms. The first-order valence-corrected chi connectivity index (χ1v) is 9.15. The third-order valence-electron chi connectivity index (χ3n) is 3.79. The molecule has 0 aliphatic heterocycles. The highest BCUT2D eigenvalue weighted by molar-refractivity contribution is 7.81. The van der Waals surface area contributed by atoms with Gasteiger partial charge in [0.1, 0.15) is 0 Å². The van der Waals surface area contributed by atoms with Crippen LogP contribution in [0.25, 0.3) is 11.5 Å². The van der Waals surface area contributed by atoms with Gasteiger partial charge in [0, 0.05) is 22.7 Å². The third-order valence-corrected chi connectivity index (χ3v) is 4.95. The van der Waals surface area contributed by atoms with Gasteiger partial charge in [-0.3, -0.25) is 0 Å². The summed E-state index contributed by atoms with van der Waals surface area (Å²) in [5, 5.41) is 18.2. The Hall–Kier alpha value is -2.50. The number of aromatic nitrogens is 1. The van der Waals surface area contributed by atoms with Crippen LogP contribution in [-0.4, -0.2) is 4.99 Å². The number of thiocarbonyl (C=S) groups is 1. The quantitative estimate of drug-likeness (QED) is 0.331. The van der Waals surface area contributed by atoms with Crippen LogP contribution in [0, 0.1) is 13.8 Å². The summed E-state index contributed by atoms with van der Waals surface area (Å²) in [5.41, 5.74) is 3.57. The number of hydrogen-bond donors (Lipinski definition) is 1. The molecule has 0 bridgehead atoms. The molecule has 126 valence electrons. The maximum absolute atomic E-state index is 13.0. The van der Waals surface area contributed by atoms with Crippen molar-refractivity contribution in [1.82, 2.24) is 0 Å². The zero-order chi connectivity index (χ0) is 17.8. The summed E-state index contributed by atoms with van der Waals surface area (Å²) in [4.78, 5) is 1.07. The van der Waals surface area contributed by atoms with E-state index in [1.807, 2.05) is 74.1 Å². The second-order valence-electron chi connectivity index (χ2n) is 5.71. The molecular formula is C20H18N2OS2. The number of rotatable bonds is 4. The molecule has 1 N–H and O–H groups in total. The molecule has 0 radical (unpaired) electrons. The zero-order valence-electron chi connectivity index (χ0n) is 14.0. The van der Waals surface area contributed by atoms with Crippen molar-refractivity contribution in [2.45, 2.75) is 13.8 Å². The molecule has 3 nitrogen and oxygen atoms in total. The van der Waals surface area contributed by atoms with E-state index in [2.05, 4.69) is 11.4 Å². The van der Waals surface area contributed by atoms with Crippen molar-refractivity contribution in [1.29, 1.82) is 0 Å². The fourth-order valence-corrected chi connectivity index (χ4v) is 3.43. The van der Waals surface area contributed by atoms with Crippen LogP contribution in [0.4, 0.5) is 5.69 Å². The van der Waals surface area contributed by atoms with Gasteiger partial charge in [0.05, 0.1) is 0 Å². The first kappa shape index (κ1) is 17.3. The van der Waals surface area contributed by atoms with E-state index in [0.717, 1.165) is 16.8 Å². The number of nitrogens with zero attached hydrogens (tertiary/aromatic N) is 1. The van der Waals surface area contributed by atoms with E-state index in [-0.39, 0.29) is 5.76 Å². The van der Waals surface area contributed by atoms with Gasteiger partial charge in [0.25, 0.3) is 0 Å². The van der Waals surface area contributed by atoms with Crippen molar-refractivity contribution in [2.24, 2.45) is 0 Å². The summed E-state index contributed by atoms with van der Waals surface area (Å²) >= 11 is 7.02. The Morgan fingerprint density at radius 1 is 1.08 bits per heavy atom. The van der Waals surface area contributed by atoms with Gasteiger partial charge in [0.2, 0.25) is 5.70 Å². The van der Waals surface area contributed by atoms with E-state index in [9.17, 15) is 5.11 Å².